The number of halogens is 1. The van der Waals surface area contributed by atoms with Gasteiger partial charge in [0.1, 0.15) is 23.6 Å². The Morgan fingerprint density at radius 1 is 1.34 bits per heavy atom. The molecule has 4 heterocycles. The van der Waals surface area contributed by atoms with Crippen molar-refractivity contribution in [2.24, 2.45) is 4.99 Å². The predicted octanol–water partition coefficient (Wildman–Crippen LogP) is 2.58. The average molecular weight is 520 g/mol. The number of hydrogen-bond acceptors (Lipinski definition) is 10. The standard InChI is InChI=1S/C25H25FN8O4/c1-3-37-25(36)32-17-6-4-14(5-7-17)19-20(27)34-22-18(12-31-34)23(35)29-9-13(2)38-24-15(8-16(26)11-30-24)10-28-21(19)33-22/h4-8,11-13H,3,9-10,27H2,1-2H3,(H,28,33)(H,29,35)(H,32,36)/p-1/t13-/m0/s1. The molecular formula is C25H24FN8O4-. The molecule has 5 rings (SSSR count). The fourth-order valence-corrected chi connectivity index (χ4v) is 3.99. The second-order valence-corrected chi connectivity index (χ2v) is 8.48. The number of nitrogens with zero attached hydrogens (tertiary/aromatic N) is 5. The number of amides is 1. The fourth-order valence-electron chi connectivity index (χ4n) is 3.99. The summed E-state index contributed by atoms with van der Waals surface area (Å²) in [4.78, 5) is 24.6. The van der Waals surface area contributed by atoms with Crippen LogP contribution >= 0.6 is 0 Å². The molecule has 1 aromatic carbocycles. The number of benzene rings is 1. The van der Waals surface area contributed by atoms with Gasteiger partial charge in [0.2, 0.25) is 5.88 Å². The van der Waals surface area contributed by atoms with Crippen molar-refractivity contribution in [3.63, 3.8) is 0 Å². The van der Waals surface area contributed by atoms with E-state index in [4.69, 9.17) is 15.2 Å². The summed E-state index contributed by atoms with van der Waals surface area (Å²) in [5.74, 6) is -0.321. The van der Waals surface area contributed by atoms with E-state index in [1.54, 1.807) is 38.1 Å². The zero-order valence-electron chi connectivity index (χ0n) is 20.6. The lowest BCUT2D eigenvalue weighted by Crippen LogP contribution is -2.24. The SMILES string of the molecule is CCOC(=O)Nc1ccc(-c2c3nc4c(cnn4c2N)C([O-])=NC[C@H](C)Oc2ncc(F)cc2CN3)cc1. The predicted molar refractivity (Wildman–Crippen MR) is 136 cm³/mol. The number of hydrogen-bond donors (Lipinski definition) is 3. The van der Waals surface area contributed by atoms with Gasteiger partial charge < -0.3 is 25.6 Å². The first kappa shape index (κ1) is 24.7. The lowest BCUT2D eigenvalue weighted by molar-refractivity contribution is -0.213. The number of anilines is 3. The number of nitrogens with two attached hydrogens (primary N) is 1. The summed E-state index contributed by atoms with van der Waals surface area (Å²) in [6.07, 6.45) is 1.35. The molecule has 4 aromatic rings. The Kier molecular flexibility index (Phi) is 6.64. The molecule has 0 saturated heterocycles. The van der Waals surface area contributed by atoms with Crippen LogP contribution in [0.15, 0.2) is 47.7 Å². The normalized spacial score (nSPS) is 15.2. The summed E-state index contributed by atoms with van der Waals surface area (Å²) in [5, 5.41) is 23.0. The van der Waals surface area contributed by atoms with E-state index in [0.29, 0.717) is 28.2 Å². The van der Waals surface area contributed by atoms with Crippen molar-refractivity contribution in [3.05, 3.63) is 59.7 Å². The van der Waals surface area contributed by atoms with Crippen LogP contribution in [0.5, 0.6) is 5.88 Å². The van der Waals surface area contributed by atoms with Gasteiger partial charge in [0.05, 0.1) is 31.1 Å². The van der Waals surface area contributed by atoms with Gasteiger partial charge in [0, 0.05) is 23.4 Å². The maximum Gasteiger partial charge on any atom is 0.411 e. The molecule has 1 aliphatic rings. The highest BCUT2D eigenvalue weighted by Crippen LogP contribution is 2.35. The van der Waals surface area contributed by atoms with Crippen LogP contribution in [0.1, 0.15) is 25.0 Å². The number of fused-ring (bicyclic) bond motifs is 2. The molecule has 196 valence electrons. The van der Waals surface area contributed by atoms with Gasteiger partial charge in [-0.3, -0.25) is 10.3 Å². The number of pyridine rings is 1. The van der Waals surface area contributed by atoms with Crippen molar-refractivity contribution in [2.45, 2.75) is 26.5 Å². The Labute approximate surface area is 216 Å². The molecule has 0 unspecified atom stereocenters. The summed E-state index contributed by atoms with van der Waals surface area (Å²) < 4.78 is 26.2. The van der Waals surface area contributed by atoms with E-state index in [2.05, 4.69) is 30.7 Å². The van der Waals surface area contributed by atoms with Gasteiger partial charge in [-0.2, -0.15) is 9.61 Å². The van der Waals surface area contributed by atoms with Crippen molar-refractivity contribution in [2.75, 3.05) is 29.5 Å². The zero-order chi connectivity index (χ0) is 26.8. The quantitative estimate of drug-likeness (QED) is 0.369. The second-order valence-electron chi connectivity index (χ2n) is 8.48. The number of nitrogens with one attached hydrogen (secondary N) is 2. The maximum atomic E-state index is 14.1. The Balaban J connectivity index is 1.62. The van der Waals surface area contributed by atoms with E-state index < -0.39 is 23.9 Å². The van der Waals surface area contributed by atoms with Crippen LogP contribution < -0.4 is 26.2 Å². The summed E-state index contributed by atoms with van der Waals surface area (Å²) in [6.45, 7) is 3.84. The molecule has 12 nitrogen and oxygen atoms in total. The highest BCUT2D eigenvalue weighted by molar-refractivity contribution is 5.98. The molecule has 38 heavy (non-hydrogen) atoms. The molecular weight excluding hydrogens is 495 g/mol. The van der Waals surface area contributed by atoms with Crippen molar-refractivity contribution in [1.29, 1.82) is 0 Å². The number of ether oxygens (including phenoxy) is 2. The molecule has 1 aliphatic heterocycles. The van der Waals surface area contributed by atoms with Crippen LogP contribution in [0, 0.1) is 5.82 Å². The number of rotatable bonds is 3. The highest BCUT2D eigenvalue weighted by Gasteiger charge is 2.20. The minimum absolute atomic E-state index is 0.0503. The highest BCUT2D eigenvalue weighted by atomic mass is 19.1. The zero-order valence-corrected chi connectivity index (χ0v) is 20.6. The minimum Gasteiger partial charge on any atom is -0.858 e. The number of aliphatic imine (C=N–C) groups is 1. The van der Waals surface area contributed by atoms with Crippen LogP contribution in [0.4, 0.5) is 26.5 Å². The first-order valence-corrected chi connectivity index (χ1v) is 11.8. The van der Waals surface area contributed by atoms with Crippen molar-refractivity contribution in [3.8, 4) is 17.0 Å². The van der Waals surface area contributed by atoms with E-state index in [-0.39, 0.29) is 42.6 Å². The molecule has 0 radical (unpaired) electrons. The van der Waals surface area contributed by atoms with Crippen LogP contribution in [-0.4, -0.2) is 50.8 Å². The average Bonchev–Trinajstić information content (AvgIpc) is 3.32. The Morgan fingerprint density at radius 3 is 2.89 bits per heavy atom. The topological polar surface area (TPSA) is 164 Å². The lowest BCUT2D eigenvalue weighted by Gasteiger charge is -2.17. The summed E-state index contributed by atoms with van der Waals surface area (Å²) in [7, 11) is 0. The van der Waals surface area contributed by atoms with Gasteiger partial charge in [-0.1, -0.05) is 12.1 Å². The van der Waals surface area contributed by atoms with Gasteiger partial charge in [-0.15, -0.1) is 0 Å². The summed E-state index contributed by atoms with van der Waals surface area (Å²) in [6, 6.07) is 8.16. The van der Waals surface area contributed by atoms with E-state index >= 15 is 0 Å². The molecule has 13 heteroatoms. The molecule has 0 saturated carbocycles. The third-order valence-corrected chi connectivity index (χ3v) is 5.75. The summed E-state index contributed by atoms with van der Waals surface area (Å²) in [5.41, 5.74) is 9.02. The van der Waals surface area contributed by atoms with E-state index in [9.17, 15) is 14.3 Å². The molecule has 0 fully saturated rings. The number of carbonyl (C=O) groups is 1. The lowest BCUT2D eigenvalue weighted by atomic mass is 10.1. The Hall–Kier alpha value is -4.94. The first-order valence-electron chi connectivity index (χ1n) is 11.8. The monoisotopic (exact) mass is 519 g/mol. The van der Waals surface area contributed by atoms with E-state index in [1.807, 2.05) is 0 Å². The smallest absolute Gasteiger partial charge is 0.411 e. The largest absolute Gasteiger partial charge is 0.858 e. The van der Waals surface area contributed by atoms with Crippen LogP contribution in [-0.2, 0) is 11.3 Å². The number of aromatic nitrogens is 4. The van der Waals surface area contributed by atoms with Gasteiger partial charge in [0.25, 0.3) is 0 Å². The summed E-state index contributed by atoms with van der Waals surface area (Å²) >= 11 is 0. The molecule has 0 spiro atoms. The molecule has 3 aromatic heterocycles. The Bertz CT molecular complexity index is 1540. The molecule has 2 bridgehead atoms. The first-order chi connectivity index (χ1) is 18.3. The fraction of sp³-hybridized carbons (Fsp3) is 0.240. The van der Waals surface area contributed by atoms with E-state index in [0.717, 1.165) is 6.20 Å². The van der Waals surface area contributed by atoms with Gasteiger partial charge in [-0.05, 0) is 43.5 Å². The van der Waals surface area contributed by atoms with E-state index in [1.165, 1.54) is 16.8 Å². The molecule has 4 N–H and O–H groups in total. The van der Waals surface area contributed by atoms with Gasteiger partial charge in [-0.25, -0.2) is 19.2 Å². The third kappa shape index (κ3) is 4.85. The minimum atomic E-state index is -0.572. The van der Waals surface area contributed by atoms with Crippen LogP contribution in [0.2, 0.25) is 0 Å². The molecule has 0 aliphatic carbocycles. The number of carbonyl (C=O) groups excluding carboxylic acids is 1. The molecule has 1 atom stereocenters. The van der Waals surface area contributed by atoms with Crippen molar-refractivity contribution >= 4 is 35.0 Å². The van der Waals surface area contributed by atoms with Crippen LogP contribution in [0.3, 0.4) is 0 Å². The van der Waals surface area contributed by atoms with Gasteiger partial charge >= 0.3 is 6.09 Å². The molecule has 1 amide bonds. The second kappa shape index (κ2) is 10.2. The maximum absolute atomic E-state index is 14.1. The van der Waals surface area contributed by atoms with Gasteiger partial charge in [0.15, 0.2) is 5.65 Å². The van der Waals surface area contributed by atoms with Crippen LogP contribution in [0.25, 0.3) is 16.8 Å². The Morgan fingerprint density at radius 2 is 2.13 bits per heavy atom. The van der Waals surface area contributed by atoms with Crippen molar-refractivity contribution < 1.29 is 23.8 Å². The third-order valence-electron chi connectivity index (χ3n) is 5.75. The number of nitrogen functional groups attached to an aromatic ring is 1. The van der Waals surface area contributed by atoms with Crippen molar-refractivity contribution in [1.82, 2.24) is 19.6 Å².